The van der Waals surface area contributed by atoms with Crippen molar-refractivity contribution in [2.45, 2.75) is 13.5 Å². The molecule has 0 radical (unpaired) electrons. The zero-order chi connectivity index (χ0) is 20.2. The summed E-state index contributed by atoms with van der Waals surface area (Å²) in [4.78, 5) is 15.3. The van der Waals surface area contributed by atoms with E-state index in [-0.39, 0.29) is 5.91 Å². The molecule has 1 saturated heterocycles. The van der Waals surface area contributed by atoms with Crippen molar-refractivity contribution >= 4 is 23.2 Å². The molecule has 1 aromatic heterocycles. The standard InChI is InChI=1S/C22H23ClN4O2/c1-16-20(21(23)27(25-16)19-8-3-2-4-9-19)22(28)24-18-7-5-6-17(14-18)15-26-10-12-29-13-11-26/h2-9,14H,10-13,15H2,1H3,(H,24,28). The Bertz CT molecular complexity index is 997. The predicted molar refractivity (Wildman–Crippen MR) is 114 cm³/mol. The minimum Gasteiger partial charge on any atom is -0.379 e. The first-order valence-corrected chi connectivity index (χ1v) is 10.0. The number of para-hydroxylation sites is 1. The Morgan fingerprint density at radius 1 is 1.14 bits per heavy atom. The van der Waals surface area contributed by atoms with Crippen LogP contribution in [0.15, 0.2) is 54.6 Å². The molecule has 1 N–H and O–H groups in total. The van der Waals surface area contributed by atoms with E-state index >= 15 is 0 Å². The highest BCUT2D eigenvalue weighted by Gasteiger charge is 2.21. The van der Waals surface area contributed by atoms with Gasteiger partial charge in [-0.2, -0.15) is 5.10 Å². The van der Waals surface area contributed by atoms with Gasteiger partial charge in [-0.3, -0.25) is 9.69 Å². The molecule has 6 nitrogen and oxygen atoms in total. The van der Waals surface area contributed by atoms with Gasteiger partial charge in [0.25, 0.3) is 5.91 Å². The van der Waals surface area contributed by atoms with Crippen LogP contribution in [-0.2, 0) is 11.3 Å². The Morgan fingerprint density at radius 2 is 1.90 bits per heavy atom. The lowest BCUT2D eigenvalue weighted by Gasteiger charge is -2.26. The highest BCUT2D eigenvalue weighted by Crippen LogP contribution is 2.25. The van der Waals surface area contributed by atoms with Crippen LogP contribution in [0.25, 0.3) is 5.69 Å². The number of carbonyl (C=O) groups is 1. The Morgan fingerprint density at radius 3 is 2.66 bits per heavy atom. The maximum Gasteiger partial charge on any atom is 0.260 e. The van der Waals surface area contributed by atoms with Gasteiger partial charge in [-0.15, -0.1) is 0 Å². The molecule has 0 aliphatic carbocycles. The van der Waals surface area contributed by atoms with E-state index < -0.39 is 0 Å². The van der Waals surface area contributed by atoms with Gasteiger partial charge in [0.15, 0.2) is 0 Å². The van der Waals surface area contributed by atoms with Crippen LogP contribution < -0.4 is 5.32 Å². The first kappa shape index (κ1) is 19.6. The number of rotatable bonds is 5. The predicted octanol–water partition coefficient (Wildman–Crippen LogP) is 3.92. The maximum absolute atomic E-state index is 12.9. The first-order valence-electron chi connectivity index (χ1n) is 9.63. The summed E-state index contributed by atoms with van der Waals surface area (Å²) in [6.07, 6.45) is 0. The van der Waals surface area contributed by atoms with Crippen molar-refractivity contribution in [2.24, 2.45) is 0 Å². The molecule has 0 bridgehead atoms. The minimum atomic E-state index is -0.266. The number of ether oxygens (including phenoxy) is 1. The topological polar surface area (TPSA) is 59.4 Å². The summed E-state index contributed by atoms with van der Waals surface area (Å²) in [6.45, 7) is 5.99. The van der Waals surface area contributed by atoms with E-state index in [1.54, 1.807) is 11.6 Å². The number of benzene rings is 2. The second kappa shape index (κ2) is 8.78. The van der Waals surface area contributed by atoms with Crippen LogP contribution >= 0.6 is 11.6 Å². The molecule has 1 aliphatic rings. The lowest BCUT2D eigenvalue weighted by atomic mass is 10.1. The molecular formula is C22H23ClN4O2. The number of nitrogens with one attached hydrogen (secondary N) is 1. The average molecular weight is 411 g/mol. The number of hydrogen-bond donors (Lipinski definition) is 1. The number of nitrogens with zero attached hydrogens (tertiary/aromatic N) is 3. The smallest absolute Gasteiger partial charge is 0.260 e. The summed E-state index contributed by atoms with van der Waals surface area (Å²) in [7, 11) is 0. The number of anilines is 1. The maximum atomic E-state index is 12.9. The van der Waals surface area contributed by atoms with Crippen LogP contribution in [0.4, 0.5) is 5.69 Å². The monoisotopic (exact) mass is 410 g/mol. The lowest BCUT2D eigenvalue weighted by Crippen LogP contribution is -2.35. The first-order chi connectivity index (χ1) is 14.1. The molecule has 29 heavy (non-hydrogen) atoms. The third-order valence-electron chi connectivity index (χ3n) is 4.93. The van der Waals surface area contributed by atoms with Crippen LogP contribution in [0.3, 0.4) is 0 Å². The quantitative estimate of drug-likeness (QED) is 0.692. The van der Waals surface area contributed by atoms with E-state index in [2.05, 4.69) is 21.4 Å². The van der Waals surface area contributed by atoms with Crippen LogP contribution in [0.1, 0.15) is 21.6 Å². The fraction of sp³-hybridized carbons (Fsp3) is 0.273. The second-order valence-electron chi connectivity index (χ2n) is 7.04. The fourth-order valence-corrected chi connectivity index (χ4v) is 3.81. The van der Waals surface area contributed by atoms with E-state index in [1.165, 1.54) is 0 Å². The number of hydrogen-bond acceptors (Lipinski definition) is 4. The van der Waals surface area contributed by atoms with Crippen molar-refractivity contribution in [2.75, 3.05) is 31.6 Å². The summed E-state index contributed by atoms with van der Waals surface area (Å²) in [5.74, 6) is -0.266. The van der Waals surface area contributed by atoms with Gasteiger partial charge in [0.2, 0.25) is 0 Å². The molecule has 3 aromatic rings. The highest BCUT2D eigenvalue weighted by molar-refractivity contribution is 6.34. The van der Waals surface area contributed by atoms with E-state index in [4.69, 9.17) is 16.3 Å². The summed E-state index contributed by atoms with van der Waals surface area (Å²) in [5, 5.41) is 7.71. The lowest BCUT2D eigenvalue weighted by molar-refractivity contribution is 0.0342. The molecule has 0 atom stereocenters. The van der Waals surface area contributed by atoms with Crippen LogP contribution in [0.2, 0.25) is 5.15 Å². The van der Waals surface area contributed by atoms with Crippen molar-refractivity contribution in [3.05, 3.63) is 76.6 Å². The molecule has 1 aliphatic heterocycles. The van der Waals surface area contributed by atoms with Crippen molar-refractivity contribution in [3.8, 4) is 5.69 Å². The Kier molecular flexibility index (Phi) is 5.94. The molecule has 150 valence electrons. The molecule has 0 spiro atoms. The Hall–Kier alpha value is -2.67. The number of morpholine rings is 1. The third kappa shape index (κ3) is 4.50. The molecule has 1 fully saturated rings. The molecule has 7 heteroatoms. The largest absolute Gasteiger partial charge is 0.379 e. The van der Waals surface area contributed by atoms with Crippen molar-refractivity contribution in [1.82, 2.24) is 14.7 Å². The SMILES string of the molecule is Cc1nn(-c2ccccc2)c(Cl)c1C(=O)Nc1cccc(CN2CCOCC2)c1. The molecular weight excluding hydrogens is 388 g/mol. The molecule has 4 rings (SSSR count). The molecule has 2 heterocycles. The average Bonchev–Trinajstić information content (AvgIpc) is 3.04. The van der Waals surface area contributed by atoms with E-state index in [1.807, 2.05) is 48.5 Å². The number of carbonyl (C=O) groups excluding carboxylic acids is 1. The van der Waals surface area contributed by atoms with Gasteiger partial charge >= 0.3 is 0 Å². The van der Waals surface area contributed by atoms with Crippen molar-refractivity contribution in [3.63, 3.8) is 0 Å². The summed E-state index contributed by atoms with van der Waals surface area (Å²) >= 11 is 6.51. The van der Waals surface area contributed by atoms with E-state index in [0.717, 1.165) is 49.8 Å². The van der Waals surface area contributed by atoms with Crippen molar-refractivity contribution < 1.29 is 9.53 Å². The summed E-state index contributed by atoms with van der Waals surface area (Å²) < 4.78 is 6.98. The number of amides is 1. The fourth-order valence-electron chi connectivity index (χ4n) is 3.46. The molecule has 0 unspecified atom stereocenters. The Labute approximate surface area is 175 Å². The molecule has 0 saturated carbocycles. The number of aromatic nitrogens is 2. The molecule has 2 aromatic carbocycles. The zero-order valence-electron chi connectivity index (χ0n) is 16.3. The number of halogens is 1. The zero-order valence-corrected chi connectivity index (χ0v) is 17.0. The van der Waals surface area contributed by atoms with Crippen LogP contribution in [0, 0.1) is 6.92 Å². The number of aryl methyl sites for hydroxylation is 1. The summed E-state index contributed by atoms with van der Waals surface area (Å²) in [6, 6.07) is 17.4. The molecule has 1 amide bonds. The van der Waals surface area contributed by atoms with E-state index in [9.17, 15) is 4.79 Å². The van der Waals surface area contributed by atoms with Crippen molar-refractivity contribution in [1.29, 1.82) is 0 Å². The van der Waals surface area contributed by atoms with Gasteiger partial charge in [-0.05, 0) is 36.8 Å². The van der Waals surface area contributed by atoms with E-state index in [0.29, 0.717) is 16.4 Å². The van der Waals surface area contributed by atoms with Gasteiger partial charge < -0.3 is 10.1 Å². The van der Waals surface area contributed by atoms with Gasteiger partial charge in [0.1, 0.15) is 10.7 Å². The Balaban J connectivity index is 1.51. The van der Waals surface area contributed by atoms with Gasteiger partial charge in [-0.1, -0.05) is 41.9 Å². The van der Waals surface area contributed by atoms with Crippen LogP contribution in [0.5, 0.6) is 0 Å². The third-order valence-corrected chi connectivity index (χ3v) is 5.28. The van der Waals surface area contributed by atoms with Gasteiger partial charge in [0.05, 0.1) is 24.6 Å². The van der Waals surface area contributed by atoms with Gasteiger partial charge in [-0.25, -0.2) is 4.68 Å². The highest BCUT2D eigenvalue weighted by atomic mass is 35.5. The van der Waals surface area contributed by atoms with Gasteiger partial charge in [0, 0.05) is 25.3 Å². The summed E-state index contributed by atoms with van der Waals surface area (Å²) in [5.41, 5.74) is 3.67. The minimum absolute atomic E-state index is 0.266. The second-order valence-corrected chi connectivity index (χ2v) is 7.40. The normalized spacial score (nSPS) is 14.7. The van der Waals surface area contributed by atoms with Crippen LogP contribution in [-0.4, -0.2) is 46.9 Å².